The van der Waals surface area contributed by atoms with Gasteiger partial charge in [0.1, 0.15) is 0 Å². The molecule has 3 heteroatoms. The van der Waals surface area contributed by atoms with Crippen molar-refractivity contribution < 1.29 is 9.13 Å². The van der Waals surface area contributed by atoms with E-state index in [1.807, 2.05) is 13.0 Å². The number of benzene rings is 1. The average Bonchev–Trinajstić information content (AvgIpc) is 2.92. The second-order valence-corrected chi connectivity index (χ2v) is 5.35. The van der Waals surface area contributed by atoms with E-state index in [1.165, 1.54) is 25.7 Å². The van der Waals surface area contributed by atoms with Gasteiger partial charge in [0.15, 0.2) is 11.6 Å². The van der Waals surface area contributed by atoms with E-state index in [4.69, 9.17) is 10.5 Å². The first-order chi connectivity index (χ1) is 9.26. The zero-order valence-electron chi connectivity index (χ0n) is 11.7. The van der Waals surface area contributed by atoms with Gasteiger partial charge in [-0.3, -0.25) is 0 Å². The van der Waals surface area contributed by atoms with Crippen molar-refractivity contribution >= 4 is 0 Å². The summed E-state index contributed by atoms with van der Waals surface area (Å²) in [5.74, 6) is 1.17. The Morgan fingerprint density at radius 2 is 2.11 bits per heavy atom. The van der Waals surface area contributed by atoms with Crippen molar-refractivity contribution in [2.45, 2.75) is 44.9 Å². The lowest BCUT2D eigenvalue weighted by atomic mass is 9.82. The van der Waals surface area contributed by atoms with Crippen molar-refractivity contribution in [3.63, 3.8) is 0 Å². The van der Waals surface area contributed by atoms with Crippen LogP contribution in [0.15, 0.2) is 18.2 Å². The molecule has 0 saturated heterocycles. The van der Waals surface area contributed by atoms with E-state index >= 15 is 0 Å². The summed E-state index contributed by atoms with van der Waals surface area (Å²) in [5, 5.41) is 0. The molecular formula is C16H24FNO. The molecule has 1 aromatic carbocycles. The molecule has 0 amide bonds. The Morgan fingerprint density at radius 3 is 2.68 bits per heavy atom. The Kier molecular flexibility index (Phi) is 5.20. The van der Waals surface area contributed by atoms with Gasteiger partial charge < -0.3 is 10.5 Å². The van der Waals surface area contributed by atoms with Gasteiger partial charge in [-0.25, -0.2) is 4.39 Å². The molecule has 1 aliphatic carbocycles. The normalized spacial score (nSPS) is 17.6. The van der Waals surface area contributed by atoms with E-state index in [2.05, 4.69) is 0 Å². The van der Waals surface area contributed by atoms with Crippen molar-refractivity contribution in [3.05, 3.63) is 29.6 Å². The van der Waals surface area contributed by atoms with Crippen LogP contribution < -0.4 is 10.5 Å². The van der Waals surface area contributed by atoms with Gasteiger partial charge in [-0.15, -0.1) is 0 Å². The highest BCUT2D eigenvalue weighted by Crippen LogP contribution is 2.39. The topological polar surface area (TPSA) is 35.2 Å². The minimum absolute atomic E-state index is 0.251. The summed E-state index contributed by atoms with van der Waals surface area (Å²) < 4.78 is 19.2. The fourth-order valence-electron chi connectivity index (χ4n) is 3.23. The van der Waals surface area contributed by atoms with Crippen LogP contribution in [0.5, 0.6) is 5.75 Å². The highest BCUT2D eigenvalue weighted by molar-refractivity contribution is 5.32. The predicted octanol–water partition coefficient (Wildman–Crippen LogP) is 3.85. The number of hydrogen-bond donors (Lipinski definition) is 1. The van der Waals surface area contributed by atoms with Crippen molar-refractivity contribution in [3.8, 4) is 5.75 Å². The van der Waals surface area contributed by atoms with Crippen LogP contribution in [-0.2, 0) is 0 Å². The molecule has 1 aromatic rings. The molecule has 2 rings (SSSR count). The van der Waals surface area contributed by atoms with Crippen LogP contribution in [0.2, 0.25) is 0 Å². The van der Waals surface area contributed by atoms with Gasteiger partial charge >= 0.3 is 0 Å². The molecule has 0 spiro atoms. The van der Waals surface area contributed by atoms with Crippen LogP contribution in [-0.4, -0.2) is 13.2 Å². The van der Waals surface area contributed by atoms with Gasteiger partial charge in [0.2, 0.25) is 0 Å². The van der Waals surface area contributed by atoms with Gasteiger partial charge in [0.25, 0.3) is 0 Å². The Balaban J connectivity index is 2.18. The third-order valence-corrected chi connectivity index (χ3v) is 4.13. The molecule has 1 atom stereocenters. The fourth-order valence-corrected chi connectivity index (χ4v) is 3.23. The van der Waals surface area contributed by atoms with E-state index in [0.717, 1.165) is 12.0 Å². The van der Waals surface area contributed by atoms with Crippen LogP contribution in [0.25, 0.3) is 0 Å². The van der Waals surface area contributed by atoms with Crippen LogP contribution in [0.3, 0.4) is 0 Å². The molecule has 106 valence electrons. The summed E-state index contributed by atoms with van der Waals surface area (Å²) in [6.07, 6.45) is 6.04. The standard InChI is InChI=1S/C16H24FNO/c1-2-19-16-8-7-13(11-15(16)17)14(9-10-18)12-5-3-4-6-12/h7-8,11-12,14H,2-6,9-10,18H2,1H3. The SMILES string of the molecule is CCOc1ccc(C(CCN)C2CCCC2)cc1F. The first-order valence-electron chi connectivity index (χ1n) is 7.38. The van der Waals surface area contributed by atoms with Crippen LogP contribution in [0.4, 0.5) is 4.39 Å². The zero-order chi connectivity index (χ0) is 13.7. The number of ether oxygens (including phenoxy) is 1. The molecule has 0 heterocycles. The minimum Gasteiger partial charge on any atom is -0.491 e. The first-order valence-corrected chi connectivity index (χ1v) is 7.38. The number of hydrogen-bond acceptors (Lipinski definition) is 2. The van der Waals surface area contributed by atoms with Crippen LogP contribution in [0, 0.1) is 11.7 Å². The summed E-state index contributed by atoms with van der Waals surface area (Å²) in [6.45, 7) is 3.02. The average molecular weight is 265 g/mol. The number of rotatable bonds is 6. The highest BCUT2D eigenvalue weighted by atomic mass is 19.1. The maximum absolute atomic E-state index is 14.0. The van der Waals surface area contributed by atoms with Crippen LogP contribution >= 0.6 is 0 Å². The molecule has 0 bridgehead atoms. The molecule has 2 nitrogen and oxygen atoms in total. The van der Waals surface area contributed by atoms with Crippen molar-refractivity contribution in [1.29, 1.82) is 0 Å². The monoisotopic (exact) mass is 265 g/mol. The van der Waals surface area contributed by atoms with Gasteiger partial charge in [0, 0.05) is 0 Å². The molecule has 1 saturated carbocycles. The summed E-state index contributed by atoms with van der Waals surface area (Å²) in [5.41, 5.74) is 6.81. The predicted molar refractivity (Wildman–Crippen MR) is 75.9 cm³/mol. The van der Waals surface area contributed by atoms with Gasteiger partial charge in [-0.2, -0.15) is 0 Å². The van der Waals surface area contributed by atoms with Gasteiger partial charge in [-0.05, 0) is 62.3 Å². The number of nitrogens with two attached hydrogens (primary N) is 1. The second kappa shape index (κ2) is 6.90. The molecule has 19 heavy (non-hydrogen) atoms. The molecule has 1 unspecified atom stereocenters. The lowest BCUT2D eigenvalue weighted by Crippen LogP contribution is -2.15. The van der Waals surface area contributed by atoms with E-state index in [-0.39, 0.29) is 5.82 Å². The molecular weight excluding hydrogens is 241 g/mol. The van der Waals surface area contributed by atoms with Crippen LogP contribution in [0.1, 0.15) is 50.5 Å². The lowest BCUT2D eigenvalue weighted by molar-refractivity contribution is 0.320. The van der Waals surface area contributed by atoms with E-state index < -0.39 is 0 Å². The second-order valence-electron chi connectivity index (χ2n) is 5.35. The third-order valence-electron chi connectivity index (χ3n) is 4.13. The fraction of sp³-hybridized carbons (Fsp3) is 0.625. The maximum atomic E-state index is 14.0. The largest absolute Gasteiger partial charge is 0.491 e. The highest BCUT2D eigenvalue weighted by Gasteiger charge is 2.26. The minimum atomic E-state index is -0.251. The summed E-state index contributed by atoms with van der Waals surface area (Å²) in [4.78, 5) is 0. The lowest BCUT2D eigenvalue weighted by Gasteiger charge is -2.23. The Labute approximate surface area is 115 Å². The van der Waals surface area contributed by atoms with E-state index in [0.29, 0.717) is 30.7 Å². The first kappa shape index (κ1) is 14.3. The zero-order valence-corrected chi connectivity index (χ0v) is 11.7. The molecule has 0 radical (unpaired) electrons. The molecule has 0 aromatic heterocycles. The number of halogens is 1. The maximum Gasteiger partial charge on any atom is 0.165 e. The van der Waals surface area contributed by atoms with Gasteiger partial charge in [-0.1, -0.05) is 18.9 Å². The van der Waals surface area contributed by atoms with E-state index in [1.54, 1.807) is 12.1 Å². The smallest absolute Gasteiger partial charge is 0.165 e. The van der Waals surface area contributed by atoms with Gasteiger partial charge in [0.05, 0.1) is 6.61 Å². The Hall–Kier alpha value is -1.09. The van der Waals surface area contributed by atoms with Crippen molar-refractivity contribution in [1.82, 2.24) is 0 Å². The third kappa shape index (κ3) is 3.47. The summed E-state index contributed by atoms with van der Waals surface area (Å²) in [7, 11) is 0. The van der Waals surface area contributed by atoms with E-state index in [9.17, 15) is 4.39 Å². The molecule has 1 fully saturated rings. The molecule has 1 aliphatic rings. The quantitative estimate of drug-likeness (QED) is 0.848. The Morgan fingerprint density at radius 1 is 1.37 bits per heavy atom. The van der Waals surface area contributed by atoms with Crippen molar-refractivity contribution in [2.24, 2.45) is 11.7 Å². The van der Waals surface area contributed by atoms with Crippen molar-refractivity contribution in [2.75, 3.05) is 13.2 Å². The summed E-state index contributed by atoms with van der Waals surface area (Å²) in [6, 6.07) is 5.41. The Bertz CT molecular complexity index is 402. The molecule has 0 aliphatic heterocycles. The summed E-state index contributed by atoms with van der Waals surface area (Å²) >= 11 is 0. The molecule has 2 N–H and O–H groups in total.